The fraction of sp³-hybridized carbons (Fsp3) is 0.280. The molecule has 1 heterocycles. The van der Waals surface area contributed by atoms with E-state index in [9.17, 15) is 38.9 Å². The quantitative estimate of drug-likeness (QED) is 0.109. The zero-order chi connectivity index (χ0) is 27.3. The van der Waals surface area contributed by atoms with E-state index in [0.29, 0.717) is 0 Å². The molecule has 0 saturated carbocycles. The number of Topliss-reactive ketones (excluding diaryl/α,β-unsaturated/α-hetero) is 2. The molecule has 0 atom stereocenters. The molecule has 12 nitrogen and oxygen atoms in total. The Kier molecular flexibility index (Phi) is 8.23. The van der Waals surface area contributed by atoms with Gasteiger partial charge < -0.3 is 9.47 Å². The molecule has 37 heavy (non-hydrogen) atoms. The van der Waals surface area contributed by atoms with Gasteiger partial charge in [-0.05, 0) is 32.4 Å². The van der Waals surface area contributed by atoms with Gasteiger partial charge in [-0.15, -0.1) is 0 Å². The van der Waals surface area contributed by atoms with Crippen molar-refractivity contribution in [2.45, 2.75) is 39.4 Å². The van der Waals surface area contributed by atoms with E-state index in [2.05, 4.69) is 0 Å². The van der Waals surface area contributed by atoms with Gasteiger partial charge in [0, 0.05) is 23.7 Å². The minimum absolute atomic E-state index is 0.0692. The molecule has 1 aliphatic rings. The van der Waals surface area contributed by atoms with Gasteiger partial charge in [0.1, 0.15) is 24.4 Å². The Morgan fingerprint density at radius 1 is 0.865 bits per heavy atom. The second kappa shape index (κ2) is 11.3. The van der Waals surface area contributed by atoms with Crippen LogP contribution in [0, 0.1) is 10.1 Å². The highest BCUT2D eigenvalue weighted by molar-refractivity contribution is 6.21. The Labute approximate surface area is 210 Å². The van der Waals surface area contributed by atoms with Crippen LogP contribution in [0.5, 0.6) is 0 Å². The highest BCUT2D eigenvalue weighted by Gasteiger charge is 2.36. The van der Waals surface area contributed by atoms with Crippen LogP contribution in [0.3, 0.4) is 0 Å². The Balaban J connectivity index is 1.97. The first-order chi connectivity index (χ1) is 17.5. The zero-order valence-electron chi connectivity index (χ0n) is 19.9. The van der Waals surface area contributed by atoms with Crippen molar-refractivity contribution in [1.29, 1.82) is 0 Å². The summed E-state index contributed by atoms with van der Waals surface area (Å²) in [5.74, 6) is -4.35. The normalized spacial score (nSPS) is 12.4. The molecule has 2 aromatic rings. The molecule has 2 aromatic carbocycles. The van der Waals surface area contributed by atoms with Gasteiger partial charge in [0.25, 0.3) is 23.8 Å². The average Bonchev–Trinajstić information content (AvgIpc) is 3.05. The number of carbonyl (C=O) groups excluding carboxylic acids is 6. The van der Waals surface area contributed by atoms with Crippen LogP contribution in [0.2, 0.25) is 0 Å². The standard InChI is InChI=1S/C25H22N2O10/c1-14(28)12-21(30)36-25(37-22(31)13-15(2)29)19-8-5-9-20(27(34)35)16(19)10-11-26-23(32)17-6-3-4-7-18(17)24(26)33/h3-9,25H,10-13H2,1-2H3. The molecule has 0 aromatic heterocycles. The molecule has 0 aliphatic carbocycles. The molecule has 192 valence electrons. The first kappa shape index (κ1) is 26.9. The Hall–Kier alpha value is -4.74. The summed E-state index contributed by atoms with van der Waals surface area (Å²) in [4.78, 5) is 84.6. The van der Waals surface area contributed by atoms with Gasteiger partial charge in [-0.2, -0.15) is 0 Å². The predicted molar refractivity (Wildman–Crippen MR) is 124 cm³/mol. The summed E-state index contributed by atoms with van der Waals surface area (Å²) in [5.41, 5.74) is -0.224. The van der Waals surface area contributed by atoms with Crippen LogP contribution in [0.25, 0.3) is 0 Å². The van der Waals surface area contributed by atoms with E-state index in [1.165, 1.54) is 24.3 Å². The van der Waals surface area contributed by atoms with E-state index >= 15 is 0 Å². The summed E-state index contributed by atoms with van der Waals surface area (Å²) in [6, 6.07) is 9.91. The smallest absolute Gasteiger partial charge is 0.316 e. The lowest BCUT2D eigenvalue weighted by molar-refractivity contribution is -0.385. The van der Waals surface area contributed by atoms with Crippen molar-refractivity contribution in [3.8, 4) is 0 Å². The average molecular weight is 510 g/mol. The number of ether oxygens (including phenoxy) is 2. The van der Waals surface area contributed by atoms with Crippen LogP contribution in [-0.4, -0.2) is 51.7 Å². The monoisotopic (exact) mass is 510 g/mol. The number of nitrogens with zero attached hydrogens (tertiary/aromatic N) is 2. The Bertz CT molecular complexity index is 1250. The van der Waals surface area contributed by atoms with Gasteiger partial charge in [-0.25, -0.2) is 0 Å². The lowest BCUT2D eigenvalue weighted by Crippen LogP contribution is -2.32. The molecule has 1 aliphatic heterocycles. The fourth-order valence-electron chi connectivity index (χ4n) is 3.80. The van der Waals surface area contributed by atoms with Gasteiger partial charge in [0.2, 0.25) is 0 Å². The van der Waals surface area contributed by atoms with E-state index in [4.69, 9.17) is 9.47 Å². The minimum Gasteiger partial charge on any atom is -0.420 e. The SMILES string of the molecule is CC(=O)CC(=O)OC(OC(=O)CC(C)=O)c1cccc([N+](=O)[O-])c1CCN1C(=O)c2ccccc2C1=O. The molecule has 0 saturated heterocycles. The molecule has 0 radical (unpaired) electrons. The molecule has 0 unspecified atom stereocenters. The first-order valence-electron chi connectivity index (χ1n) is 11.1. The van der Waals surface area contributed by atoms with Gasteiger partial charge in [-0.3, -0.25) is 43.8 Å². The molecule has 0 fully saturated rings. The molecular weight excluding hydrogens is 488 g/mol. The number of benzene rings is 2. The minimum atomic E-state index is -1.82. The van der Waals surface area contributed by atoms with Crippen molar-refractivity contribution < 1.29 is 43.2 Å². The number of nitro benzene ring substituents is 1. The van der Waals surface area contributed by atoms with Crippen LogP contribution in [0.15, 0.2) is 42.5 Å². The maximum absolute atomic E-state index is 12.7. The van der Waals surface area contributed by atoms with Crippen LogP contribution < -0.4 is 0 Å². The van der Waals surface area contributed by atoms with E-state index in [-0.39, 0.29) is 35.2 Å². The number of esters is 2. The van der Waals surface area contributed by atoms with Crippen molar-refractivity contribution in [2.75, 3.05) is 6.54 Å². The highest BCUT2D eigenvalue weighted by Crippen LogP contribution is 2.32. The summed E-state index contributed by atoms with van der Waals surface area (Å²) in [7, 11) is 0. The topological polar surface area (TPSA) is 167 Å². The van der Waals surface area contributed by atoms with E-state index < -0.39 is 65.1 Å². The van der Waals surface area contributed by atoms with Gasteiger partial charge in [0.15, 0.2) is 0 Å². The number of hydrogen-bond acceptors (Lipinski definition) is 10. The number of rotatable bonds is 11. The molecular formula is C25H22N2O10. The van der Waals surface area contributed by atoms with E-state index in [1.54, 1.807) is 12.1 Å². The van der Waals surface area contributed by atoms with Crippen molar-refractivity contribution in [2.24, 2.45) is 0 Å². The Morgan fingerprint density at radius 2 is 1.38 bits per heavy atom. The van der Waals surface area contributed by atoms with Crippen LogP contribution in [0.1, 0.15) is 64.8 Å². The third kappa shape index (κ3) is 6.28. The number of imide groups is 1. The van der Waals surface area contributed by atoms with E-state index in [0.717, 1.165) is 24.8 Å². The van der Waals surface area contributed by atoms with Gasteiger partial charge in [-0.1, -0.05) is 24.3 Å². The van der Waals surface area contributed by atoms with Crippen molar-refractivity contribution >= 4 is 41.0 Å². The first-order valence-corrected chi connectivity index (χ1v) is 11.1. The van der Waals surface area contributed by atoms with Gasteiger partial charge in [0.05, 0.1) is 16.1 Å². The summed E-state index contributed by atoms with van der Waals surface area (Å²) >= 11 is 0. The lowest BCUT2D eigenvalue weighted by Gasteiger charge is -2.22. The van der Waals surface area contributed by atoms with Gasteiger partial charge >= 0.3 is 11.9 Å². The zero-order valence-corrected chi connectivity index (χ0v) is 19.9. The number of amides is 2. The number of ketones is 2. The van der Waals surface area contributed by atoms with Crippen LogP contribution in [-0.2, 0) is 35.1 Å². The molecule has 2 amide bonds. The predicted octanol–water partition coefficient (Wildman–Crippen LogP) is 2.48. The second-order valence-corrected chi connectivity index (χ2v) is 8.23. The fourth-order valence-corrected chi connectivity index (χ4v) is 3.80. The summed E-state index contributed by atoms with van der Waals surface area (Å²) < 4.78 is 10.3. The molecule has 12 heteroatoms. The van der Waals surface area contributed by atoms with Crippen molar-refractivity contribution in [3.63, 3.8) is 0 Å². The number of hydrogen-bond donors (Lipinski definition) is 0. The summed E-state index contributed by atoms with van der Waals surface area (Å²) in [6.07, 6.45) is -3.38. The number of carbonyl (C=O) groups is 6. The largest absolute Gasteiger partial charge is 0.420 e. The maximum Gasteiger partial charge on any atom is 0.316 e. The summed E-state index contributed by atoms with van der Waals surface area (Å²) in [5, 5.41) is 11.8. The molecule has 0 bridgehead atoms. The molecule has 0 N–H and O–H groups in total. The van der Waals surface area contributed by atoms with Crippen LogP contribution >= 0.6 is 0 Å². The second-order valence-electron chi connectivity index (χ2n) is 8.23. The lowest BCUT2D eigenvalue weighted by atomic mass is 10.0. The molecule has 0 spiro atoms. The third-order valence-corrected chi connectivity index (χ3v) is 5.37. The summed E-state index contributed by atoms with van der Waals surface area (Å²) in [6.45, 7) is 2.01. The number of nitro groups is 1. The van der Waals surface area contributed by atoms with Crippen molar-refractivity contribution in [1.82, 2.24) is 4.90 Å². The molecule has 3 rings (SSSR count). The Morgan fingerprint density at radius 3 is 1.84 bits per heavy atom. The number of fused-ring (bicyclic) bond motifs is 1. The van der Waals surface area contributed by atoms with Crippen LogP contribution in [0.4, 0.5) is 5.69 Å². The highest BCUT2D eigenvalue weighted by atomic mass is 16.7. The maximum atomic E-state index is 12.7. The third-order valence-electron chi connectivity index (χ3n) is 5.37. The van der Waals surface area contributed by atoms with Crippen molar-refractivity contribution in [3.05, 3.63) is 74.8 Å². The van der Waals surface area contributed by atoms with E-state index in [1.807, 2.05) is 0 Å².